The van der Waals surface area contributed by atoms with E-state index in [0.29, 0.717) is 25.8 Å². The molecular weight excluding hydrogens is 258 g/mol. The Hall–Kier alpha value is -1.78. The number of furan rings is 1. The third-order valence-electron chi connectivity index (χ3n) is 3.94. The second-order valence-electron chi connectivity index (χ2n) is 5.68. The zero-order chi connectivity index (χ0) is 14.7. The molecule has 0 radical (unpaired) electrons. The lowest BCUT2D eigenvalue weighted by Crippen LogP contribution is -2.39. The quantitative estimate of drug-likeness (QED) is 0.899. The number of amides is 1. The lowest BCUT2D eigenvalue weighted by atomic mass is 10.0. The minimum absolute atomic E-state index is 0.0418. The highest BCUT2D eigenvalue weighted by Gasteiger charge is 2.36. The van der Waals surface area contributed by atoms with Crippen LogP contribution in [0.5, 0.6) is 0 Å². The van der Waals surface area contributed by atoms with Crippen LogP contribution in [0.15, 0.2) is 22.8 Å². The Balaban J connectivity index is 2.02. The monoisotopic (exact) mass is 279 g/mol. The summed E-state index contributed by atoms with van der Waals surface area (Å²) in [5.74, 6) is -0.544. The zero-order valence-corrected chi connectivity index (χ0v) is 11.9. The molecule has 0 aromatic carbocycles. The van der Waals surface area contributed by atoms with Gasteiger partial charge in [0.1, 0.15) is 5.76 Å². The van der Waals surface area contributed by atoms with E-state index in [2.05, 4.69) is 0 Å². The number of hydrogen-bond acceptors (Lipinski definition) is 3. The van der Waals surface area contributed by atoms with Gasteiger partial charge in [-0.1, -0.05) is 0 Å². The van der Waals surface area contributed by atoms with Gasteiger partial charge in [0.15, 0.2) is 0 Å². The van der Waals surface area contributed by atoms with Crippen molar-refractivity contribution in [3.8, 4) is 0 Å². The fourth-order valence-corrected chi connectivity index (χ4v) is 2.75. The summed E-state index contributed by atoms with van der Waals surface area (Å²) >= 11 is 0. The zero-order valence-electron chi connectivity index (χ0n) is 11.9. The SMILES string of the molecule is CC(C)N(Cc1ccco1)C(=O)[C@@H]1CC[C@H](C(=O)O)C1. The van der Waals surface area contributed by atoms with Crippen molar-refractivity contribution in [2.24, 2.45) is 11.8 Å². The molecule has 0 bridgehead atoms. The summed E-state index contributed by atoms with van der Waals surface area (Å²) in [6.45, 7) is 4.37. The number of carbonyl (C=O) groups excluding carboxylic acids is 1. The molecule has 5 nitrogen and oxygen atoms in total. The predicted molar refractivity (Wildman–Crippen MR) is 72.9 cm³/mol. The molecule has 1 heterocycles. The van der Waals surface area contributed by atoms with Crippen LogP contribution >= 0.6 is 0 Å². The van der Waals surface area contributed by atoms with E-state index in [9.17, 15) is 9.59 Å². The van der Waals surface area contributed by atoms with Gasteiger partial charge < -0.3 is 14.4 Å². The van der Waals surface area contributed by atoms with Crippen LogP contribution in [0.2, 0.25) is 0 Å². The average molecular weight is 279 g/mol. The van der Waals surface area contributed by atoms with Crippen LogP contribution in [0.25, 0.3) is 0 Å². The summed E-state index contributed by atoms with van der Waals surface area (Å²) in [5, 5.41) is 9.03. The maximum Gasteiger partial charge on any atom is 0.306 e. The van der Waals surface area contributed by atoms with Gasteiger partial charge >= 0.3 is 5.97 Å². The number of nitrogens with zero attached hydrogens (tertiary/aromatic N) is 1. The number of carboxylic acids is 1. The summed E-state index contributed by atoms with van der Waals surface area (Å²) in [6, 6.07) is 3.71. The van der Waals surface area contributed by atoms with Gasteiger partial charge in [-0.2, -0.15) is 0 Å². The molecule has 2 rings (SSSR count). The smallest absolute Gasteiger partial charge is 0.306 e. The molecule has 0 unspecified atom stereocenters. The Kier molecular flexibility index (Phi) is 4.47. The average Bonchev–Trinajstić information content (AvgIpc) is 3.06. The molecule has 1 aliphatic carbocycles. The van der Waals surface area contributed by atoms with E-state index < -0.39 is 5.97 Å². The van der Waals surface area contributed by atoms with E-state index in [1.807, 2.05) is 19.9 Å². The molecule has 1 aromatic heterocycles. The van der Waals surface area contributed by atoms with Crippen molar-refractivity contribution in [3.63, 3.8) is 0 Å². The molecule has 1 aromatic rings. The van der Waals surface area contributed by atoms with Crippen LogP contribution < -0.4 is 0 Å². The molecule has 0 aliphatic heterocycles. The van der Waals surface area contributed by atoms with E-state index in [0.717, 1.165) is 5.76 Å². The normalized spacial score (nSPS) is 22.1. The van der Waals surface area contributed by atoms with E-state index in [1.54, 1.807) is 17.2 Å². The van der Waals surface area contributed by atoms with E-state index in [4.69, 9.17) is 9.52 Å². The minimum atomic E-state index is -0.789. The van der Waals surface area contributed by atoms with Crippen molar-refractivity contribution in [1.82, 2.24) is 4.90 Å². The summed E-state index contributed by atoms with van der Waals surface area (Å²) in [5.41, 5.74) is 0. The number of rotatable bonds is 5. The molecule has 1 saturated carbocycles. The van der Waals surface area contributed by atoms with Gasteiger partial charge in [0.05, 0.1) is 18.7 Å². The summed E-state index contributed by atoms with van der Waals surface area (Å²) < 4.78 is 5.30. The molecule has 1 aliphatic rings. The van der Waals surface area contributed by atoms with Crippen LogP contribution in [0.1, 0.15) is 38.9 Å². The van der Waals surface area contributed by atoms with Crippen molar-refractivity contribution < 1.29 is 19.1 Å². The Morgan fingerprint density at radius 2 is 2.10 bits per heavy atom. The van der Waals surface area contributed by atoms with Gasteiger partial charge in [-0.25, -0.2) is 0 Å². The van der Waals surface area contributed by atoms with E-state index in [-0.39, 0.29) is 23.8 Å². The molecule has 2 atom stereocenters. The van der Waals surface area contributed by atoms with Crippen molar-refractivity contribution in [2.45, 2.75) is 45.7 Å². The first-order valence-electron chi connectivity index (χ1n) is 7.04. The lowest BCUT2D eigenvalue weighted by Gasteiger charge is -2.28. The Morgan fingerprint density at radius 1 is 1.40 bits per heavy atom. The van der Waals surface area contributed by atoms with Gasteiger partial charge in [0, 0.05) is 12.0 Å². The highest BCUT2D eigenvalue weighted by molar-refractivity contribution is 5.81. The van der Waals surface area contributed by atoms with Gasteiger partial charge in [0.25, 0.3) is 0 Å². The molecule has 1 fully saturated rings. The molecule has 1 amide bonds. The standard InChI is InChI=1S/C15H21NO4/c1-10(2)16(9-13-4-3-7-20-13)14(17)11-5-6-12(8-11)15(18)19/h3-4,7,10-12H,5-6,8-9H2,1-2H3,(H,18,19)/t11-,12+/m1/s1. The first-order chi connectivity index (χ1) is 9.49. The lowest BCUT2D eigenvalue weighted by molar-refractivity contribution is -0.142. The Bertz CT molecular complexity index is 466. The first kappa shape index (κ1) is 14.6. The van der Waals surface area contributed by atoms with Crippen molar-refractivity contribution in [2.75, 3.05) is 0 Å². The van der Waals surface area contributed by atoms with Gasteiger partial charge in [-0.15, -0.1) is 0 Å². The molecular formula is C15H21NO4. The molecule has 0 saturated heterocycles. The molecule has 1 N–H and O–H groups in total. The van der Waals surface area contributed by atoms with Crippen molar-refractivity contribution in [1.29, 1.82) is 0 Å². The maximum absolute atomic E-state index is 12.6. The third-order valence-corrected chi connectivity index (χ3v) is 3.94. The highest BCUT2D eigenvalue weighted by atomic mass is 16.4. The van der Waals surface area contributed by atoms with E-state index >= 15 is 0 Å². The first-order valence-corrected chi connectivity index (χ1v) is 7.04. The topological polar surface area (TPSA) is 70.8 Å². The predicted octanol–water partition coefficient (Wildman–Crippen LogP) is 2.52. The van der Waals surface area contributed by atoms with E-state index in [1.165, 1.54) is 0 Å². The molecule has 0 spiro atoms. The second kappa shape index (κ2) is 6.11. The summed E-state index contributed by atoms with van der Waals surface area (Å²) in [6.07, 6.45) is 3.31. The minimum Gasteiger partial charge on any atom is -0.481 e. The Labute approximate surface area is 118 Å². The van der Waals surface area contributed by atoms with Crippen LogP contribution in [0.3, 0.4) is 0 Å². The fraction of sp³-hybridized carbons (Fsp3) is 0.600. The summed E-state index contributed by atoms with van der Waals surface area (Å²) in [4.78, 5) is 25.3. The second-order valence-corrected chi connectivity index (χ2v) is 5.68. The number of carbonyl (C=O) groups is 2. The molecule has 5 heteroatoms. The molecule has 110 valence electrons. The van der Waals surface area contributed by atoms with Crippen molar-refractivity contribution >= 4 is 11.9 Å². The molecule has 20 heavy (non-hydrogen) atoms. The fourth-order valence-electron chi connectivity index (χ4n) is 2.75. The maximum atomic E-state index is 12.6. The summed E-state index contributed by atoms with van der Waals surface area (Å²) in [7, 11) is 0. The third kappa shape index (κ3) is 3.21. The van der Waals surface area contributed by atoms with Gasteiger partial charge in [0.2, 0.25) is 5.91 Å². The van der Waals surface area contributed by atoms with Crippen molar-refractivity contribution in [3.05, 3.63) is 24.2 Å². The Morgan fingerprint density at radius 3 is 2.60 bits per heavy atom. The van der Waals surface area contributed by atoms with Gasteiger partial charge in [-0.05, 0) is 45.2 Å². The van der Waals surface area contributed by atoms with Crippen LogP contribution in [0, 0.1) is 11.8 Å². The van der Waals surface area contributed by atoms with Crippen LogP contribution in [-0.2, 0) is 16.1 Å². The van der Waals surface area contributed by atoms with Gasteiger partial charge in [-0.3, -0.25) is 9.59 Å². The number of hydrogen-bond donors (Lipinski definition) is 1. The number of carboxylic acid groups (broad SMARTS) is 1. The highest BCUT2D eigenvalue weighted by Crippen LogP contribution is 2.33. The largest absolute Gasteiger partial charge is 0.481 e. The van der Waals surface area contributed by atoms with Crippen LogP contribution in [-0.4, -0.2) is 27.9 Å². The number of aliphatic carboxylic acids is 1. The van der Waals surface area contributed by atoms with Crippen LogP contribution in [0.4, 0.5) is 0 Å².